The fourth-order valence-corrected chi connectivity index (χ4v) is 2.65. The Labute approximate surface area is 111 Å². The van der Waals surface area contributed by atoms with E-state index in [4.69, 9.17) is 5.11 Å². The number of nitrogens with zero attached hydrogens (tertiary/aromatic N) is 3. The van der Waals surface area contributed by atoms with Crippen LogP contribution in [-0.4, -0.2) is 44.3 Å². The number of aliphatic carboxylic acids is 1. The predicted molar refractivity (Wildman–Crippen MR) is 66.9 cm³/mol. The van der Waals surface area contributed by atoms with Gasteiger partial charge in [0.1, 0.15) is 6.54 Å². The van der Waals surface area contributed by atoms with E-state index in [0.29, 0.717) is 5.56 Å². The first kappa shape index (κ1) is 12.2. The van der Waals surface area contributed by atoms with Gasteiger partial charge in [-0.1, -0.05) is 0 Å². The van der Waals surface area contributed by atoms with Gasteiger partial charge in [0.05, 0.1) is 17.5 Å². The van der Waals surface area contributed by atoms with Gasteiger partial charge < -0.3 is 10.0 Å². The van der Waals surface area contributed by atoms with Crippen LogP contribution in [0, 0.1) is 0 Å². The standard InChI is InChI=1S/C13H17N3O3/c17-12(18)8-15(9-4-5-9)13(19)10-7-14-16-6-2-1-3-11(10)16/h7,9H,1-6,8H2,(H,17,18). The van der Waals surface area contributed by atoms with Gasteiger partial charge >= 0.3 is 5.97 Å². The first-order valence-corrected chi connectivity index (χ1v) is 6.74. The van der Waals surface area contributed by atoms with Crippen LogP contribution < -0.4 is 0 Å². The van der Waals surface area contributed by atoms with Gasteiger partial charge in [-0.3, -0.25) is 14.3 Å². The van der Waals surface area contributed by atoms with Crippen LogP contribution in [0.25, 0.3) is 0 Å². The number of amides is 1. The molecule has 1 aliphatic heterocycles. The molecule has 1 amide bonds. The van der Waals surface area contributed by atoms with E-state index in [0.717, 1.165) is 44.3 Å². The lowest BCUT2D eigenvalue weighted by Gasteiger charge is -2.21. The van der Waals surface area contributed by atoms with Gasteiger partial charge in [0, 0.05) is 12.6 Å². The Hall–Kier alpha value is -1.85. The third kappa shape index (κ3) is 2.34. The summed E-state index contributed by atoms with van der Waals surface area (Å²) in [5.74, 6) is -1.13. The van der Waals surface area contributed by atoms with Gasteiger partial charge in [-0.05, 0) is 32.1 Å². The Bertz CT molecular complexity index is 519. The molecular weight excluding hydrogens is 246 g/mol. The fourth-order valence-electron chi connectivity index (χ4n) is 2.65. The van der Waals surface area contributed by atoms with Crippen molar-refractivity contribution in [3.63, 3.8) is 0 Å². The lowest BCUT2D eigenvalue weighted by molar-refractivity contribution is -0.137. The molecule has 1 aliphatic carbocycles. The second-order valence-electron chi connectivity index (χ2n) is 5.24. The van der Waals surface area contributed by atoms with Crippen molar-refractivity contribution in [1.82, 2.24) is 14.7 Å². The third-order valence-corrected chi connectivity index (χ3v) is 3.77. The van der Waals surface area contributed by atoms with Crippen LogP contribution in [0.15, 0.2) is 6.20 Å². The van der Waals surface area contributed by atoms with Crippen molar-refractivity contribution in [2.75, 3.05) is 6.54 Å². The maximum absolute atomic E-state index is 12.5. The molecule has 0 unspecified atom stereocenters. The first-order valence-electron chi connectivity index (χ1n) is 6.74. The molecule has 0 radical (unpaired) electrons. The van der Waals surface area contributed by atoms with Crippen LogP contribution in [0.2, 0.25) is 0 Å². The van der Waals surface area contributed by atoms with Crippen molar-refractivity contribution < 1.29 is 14.7 Å². The van der Waals surface area contributed by atoms with Crippen LogP contribution in [-0.2, 0) is 17.8 Å². The highest BCUT2D eigenvalue weighted by Crippen LogP contribution is 2.29. The summed E-state index contributed by atoms with van der Waals surface area (Å²) in [6.45, 7) is 0.638. The molecule has 1 N–H and O–H groups in total. The highest BCUT2D eigenvalue weighted by Gasteiger charge is 2.36. The van der Waals surface area contributed by atoms with Crippen LogP contribution in [0.3, 0.4) is 0 Å². The van der Waals surface area contributed by atoms with E-state index in [1.54, 1.807) is 6.20 Å². The third-order valence-electron chi connectivity index (χ3n) is 3.77. The molecule has 6 nitrogen and oxygen atoms in total. The summed E-state index contributed by atoms with van der Waals surface area (Å²) in [4.78, 5) is 24.9. The number of aryl methyl sites for hydroxylation is 1. The molecule has 0 bridgehead atoms. The van der Waals surface area contributed by atoms with Gasteiger partial charge in [0.15, 0.2) is 0 Å². The van der Waals surface area contributed by atoms with E-state index >= 15 is 0 Å². The molecule has 102 valence electrons. The normalized spacial score (nSPS) is 17.9. The lowest BCUT2D eigenvalue weighted by Crippen LogP contribution is -2.37. The zero-order valence-electron chi connectivity index (χ0n) is 10.7. The van der Waals surface area contributed by atoms with E-state index in [9.17, 15) is 9.59 Å². The summed E-state index contributed by atoms with van der Waals surface area (Å²) >= 11 is 0. The molecule has 1 aromatic rings. The van der Waals surface area contributed by atoms with Gasteiger partial charge in [-0.2, -0.15) is 5.10 Å². The Morgan fingerprint density at radius 1 is 1.42 bits per heavy atom. The van der Waals surface area contributed by atoms with Crippen molar-refractivity contribution in [1.29, 1.82) is 0 Å². The van der Waals surface area contributed by atoms with Crippen molar-refractivity contribution in [2.24, 2.45) is 0 Å². The number of carbonyl (C=O) groups excluding carboxylic acids is 1. The smallest absolute Gasteiger partial charge is 0.323 e. The fraction of sp³-hybridized carbons (Fsp3) is 0.615. The number of rotatable bonds is 4. The number of hydrogen-bond donors (Lipinski definition) is 1. The molecule has 0 saturated heterocycles. The highest BCUT2D eigenvalue weighted by molar-refractivity contribution is 5.97. The van der Waals surface area contributed by atoms with Crippen LogP contribution >= 0.6 is 0 Å². The molecule has 6 heteroatoms. The Kier molecular flexibility index (Phi) is 3.00. The molecule has 0 aromatic carbocycles. The zero-order valence-corrected chi connectivity index (χ0v) is 10.7. The Morgan fingerprint density at radius 2 is 2.21 bits per heavy atom. The van der Waals surface area contributed by atoms with Crippen LogP contribution in [0.1, 0.15) is 41.7 Å². The van der Waals surface area contributed by atoms with Gasteiger partial charge in [-0.25, -0.2) is 0 Å². The van der Waals surface area contributed by atoms with E-state index < -0.39 is 5.97 Å². The minimum Gasteiger partial charge on any atom is -0.480 e. The van der Waals surface area contributed by atoms with Crippen molar-refractivity contribution in [3.8, 4) is 0 Å². The van der Waals surface area contributed by atoms with Crippen molar-refractivity contribution >= 4 is 11.9 Å². The molecule has 2 heterocycles. The predicted octanol–water partition coefficient (Wildman–Crippen LogP) is 0.909. The van der Waals surface area contributed by atoms with Crippen LogP contribution in [0.5, 0.6) is 0 Å². The zero-order chi connectivity index (χ0) is 13.4. The number of carbonyl (C=O) groups is 2. The summed E-state index contributed by atoms with van der Waals surface area (Å²) in [6, 6.07) is 0.0998. The summed E-state index contributed by atoms with van der Waals surface area (Å²) in [5, 5.41) is 13.2. The monoisotopic (exact) mass is 263 g/mol. The summed E-state index contributed by atoms with van der Waals surface area (Å²) < 4.78 is 1.88. The van der Waals surface area contributed by atoms with Crippen LogP contribution in [0.4, 0.5) is 0 Å². The number of carboxylic acid groups (broad SMARTS) is 1. The molecule has 19 heavy (non-hydrogen) atoms. The molecule has 1 aromatic heterocycles. The number of hydrogen-bond acceptors (Lipinski definition) is 3. The van der Waals surface area contributed by atoms with Gasteiger partial charge in [0.2, 0.25) is 0 Å². The largest absolute Gasteiger partial charge is 0.480 e. The quantitative estimate of drug-likeness (QED) is 0.876. The average molecular weight is 263 g/mol. The Balaban J connectivity index is 1.85. The summed E-state index contributed by atoms with van der Waals surface area (Å²) in [5.41, 5.74) is 1.56. The molecule has 1 fully saturated rings. The van der Waals surface area contributed by atoms with Crippen molar-refractivity contribution in [2.45, 2.75) is 44.7 Å². The SMILES string of the molecule is O=C(O)CN(C(=O)c1cnn2c1CCCC2)C1CC1. The molecule has 0 spiro atoms. The molecule has 1 saturated carbocycles. The summed E-state index contributed by atoms with van der Waals surface area (Å²) in [7, 11) is 0. The molecule has 3 rings (SSSR count). The number of aromatic nitrogens is 2. The summed E-state index contributed by atoms with van der Waals surface area (Å²) in [6.07, 6.45) is 6.41. The maximum atomic E-state index is 12.5. The topological polar surface area (TPSA) is 75.4 Å². The number of fused-ring (bicyclic) bond motifs is 1. The maximum Gasteiger partial charge on any atom is 0.323 e. The average Bonchev–Trinajstić information content (AvgIpc) is 3.14. The lowest BCUT2D eigenvalue weighted by atomic mass is 10.1. The molecule has 0 atom stereocenters. The minimum absolute atomic E-state index is 0.0998. The molecule has 2 aliphatic rings. The van der Waals surface area contributed by atoms with Crippen molar-refractivity contribution in [3.05, 3.63) is 17.5 Å². The van der Waals surface area contributed by atoms with Gasteiger partial charge in [0.25, 0.3) is 5.91 Å². The van der Waals surface area contributed by atoms with Gasteiger partial charge in [-0.15, -0.1) is 0 Å². The van der Waals surface area contributed by atoms with E-state index in [-0.39, 0.29) is 18.5 Å². The highest BCUT2D eigenvalue weighted by atomic mass is 16.4. The second kappa shape index (κ2) is 4.68. The number of carboxylic acids is 1. The second-order valence-corrected chi connectivity index (χ2v) is 5.24. The minimum atomic E-state index is -0.957. The van der Waals surface area contributed by atoms with E-state index in [2.05, 4.69) is 5.10 Å². The molecular formula is C13H17N3O3. The van der Waals surface area contributed by atoms with E-state index in [1.807, 2.05) is 4.68 Å². The Morgan fingerprint density at radius 3 is 2.89 bits per heavy atom. The first-order chi connectivity index (χ1) is 9.16. The van der Waals surface area contributed by atoms with E-state index in [1.165, 1.54) is 4.90 Å².